The Kier molecular flexibility index (Phi) is 9.33. The zero-order valence-electron chi connectivity index (χ0n) is 24.8. The van der Waals surface area contributed by atoms with Crippen molar-refractivity contribution in [3.8, 4) is 0 Å². The van der Waals surface area contributed by atoms with E-state index in [1.54, 1.807) is 0 Å². The summed E-state index contributed by atoms with van der Waals surface area (Å²) in [5, 5.41) is 0. The van der Waals surface area contributed by atoms with Crippen LogP contribution >= 0.6 is 0 Å². The largest absolute Gasteiger partial charge is 0.244 e. The van der Waals surface area contributed by atoms with Crippen LogP contribution in [0.1, 0.15) is 133 Å². The molecule has 3 rings (SSSR count). The van der Waals surface area contributed by atoms with Crippen molar-refractivity contribution in [2.24, 2.45) is 70.5 Å². The fourth-order valence-electron chi connectivity index (χ4n) is 9.76. The van der Waals surface area contributed by atoms with E-state index in [2.05, 4.69) is 62.3 Å². The van der Waals surface area contributed by atoms with E-state index in [0.29, 0.717) is 23.7 Å². The van der Waals surface area contributed by atoms with Crippen LogP contribution in [0.3, 0.4) is 0 Å². The van der Waals surface area contributed by atoms with Gasteiger partial charge < -0.3 is 0 Å². The van der Waals surface area contributed by atoms with Gasteiger partial charge in [0.05, 0.1) is 0 Å². The van der Waals surface area contributed by atoms with E-state index in [1.807, 2.05) is 6.92 Å². The number of halogens is 1. The summed E-state index contributed by atoms with van der Waals surface area (Å²) in [5.41, 5.74) is -0.631. The molecule has 200 valence electrons. The predicted molar refractivity (Wildman–Crippen MR) is 148 cm³/mol. The van der Waals surface area contributed by atoms with Gasteiger partial charge >= 0.3 is 0 Å². The number of hydrogen-bond donors (Lipinski definition) is 0. The van der Waals surface area contributed by atoms with Gasteiger partial charge in [0.2, 0.25) is 0 Å². The van der Waals surface area contributed by atoms with Crippen molar-refractivity contribution in [2.75, 3.05) is 0 Å². The zero-order valence-corrected chi connectivity index (χ0v) is 24.8. The van der Waals surface area contributed by atoms with Gasteiger partial charge in [0, 0.05) is 0 Å². The summed E-state index contributed by atoms with van der Waals surface area (Å²) in [7, 11) is 0. The van der Waals surface area contributed by atoms with Gasteiger partial charge in [-0.05, 0) is 129 Å². The number of alkyl halides is 1. The fraction of sp³-hybridized carbons (Fsp3) is 1.00. The van der Waals surface area contributed by atoms with Crippen LogP contribution in [0.4, 0.5) is 4.39 Å². The van der Waals surface area contributed by atoms with Gasteiger partial charge in [0.15, 0.2) is 0 Å². The highest BCUT2D eigenvalue weighted by Gasteiger charge is 2.55. The third-order valence-corrected chi connectivity index (χ3v) is 12.5. The Morgan fingerprint density at radius 2 is 1.47 bits per heavy atom. The minimum absolute atomic E-state index is 0.187. The van der Waals surface area contributed by atoms with Crippen LogP contribution in [-0.4, -0.2) is 5.67 Å². The molecule has 0 aromatic heterocycles. The van der Waals surface area contributed by atoms with E-state index < -0.39 is 5.67 Å². The lowest BCUT2D eigenvalue weighted by Crippen LogP contribution is -2.54. The van der Waals surface area contributed by atoms with Crippen LogP contribution in [0.25, 0.3) is 0 Å². The third-order valence-electron chi connectivity index (χ3n) is 12.5. The Morgan fingerprint density at radius 3 is 1.97 bits per heavy atom. The van der Waals surface area contributed by atoms with Gasteiger partial charge in [-0.1, -0.05) is 75.2 Å². The van der Waals surface area contributed by atoms with Crippen LogP contribution in [0.2, 0.25) is 0 Å². The van der Waals surface area contributed by atoms with Gasteiger partial charge in [-0.2, -0.15) is 0 Å². The molecule has 0 amide bonds. The van der Waals surface area contributed by atoms with Crippen LogP contribution in [0.5, 0.6) is 0 Å². The van der Waals surface area contributed by atoms with Crippen LogP contribution in [-0.2, 0) is 0 Å². The molecule has 0 nitrogen and oxygen atoms in total. The summed E-state index contributed by atoms with van der Waals surface area (Å²) < 4.78 is 15.4. The SMILES string of the molecule is CCCC(C)(F)C(C)C1CC(C(C)(C)C2CC(C3CCC(C(C)C)CC3)C(CC)CC2C)C1C. The molecular formula is C33H61F. The molecule has 9 atom stereocenters. The molecule has 34 heavy (non-hydrogen) atoms. The minimum atomic E-state index is -1.00. The topological polar surface area (TPSA) is 0 Å². The van der Waals surface area contributed by atoms with E-state index in [9.17, 15) is 0 Å². The maximum atomic E-state index is 15.4. The number of rotatable bonds is 9. The average molecular weight is 477 g/mol. The summed E-state index contributed by atoms with van der Waals surface area (Å²) in [6.07, 6.45) is 13.1. The van der Waals surface area contributed by atoms with Gasteiger partial charge in [0.1, 0.15) is 5.67 Å². The van der Waals surface area contributed by atoms with Gasteiger partial charge in [-0.25, -0.2) is 4.39 Å². The molecule has 0 spiro atoms. The highest BCUT2D eigenvalue weighted by Crippen LogP contribution is 2.61. The second-order valence-corrected chi connectivity index (χ2v) is 14.8. The van der Waals surface area contributed by atoms with E-state index in [0.717, 1.165) is 53.8 Å². The molecule has 0 heterocycles. The van der Waals surface area contributed by atoms with Crippen molar-refractivity contribution >= 4 is 0 Å². The zero-order chi connectivity index (χ0) is 25.4. The van der Waals surface area contributed by atoms with Crippen molar-refractivity contribution in [3.05, 3.63) is 0 Å². The summed E-state index contributed by atoms with van der Waals surface area (Å²) in [6, 6.07) is 0. The van der Waals surface area contributed by atoms with E-state index in [1.165, 1.54) is 51.4 Å². The first kappa shape index (κ1) is 28.5. The molecule has 0 N–H and O–H groups in total. The highest BCUT2D eigenvalue weighted by molar-refractivity contribution is 5.04. The smallest absolute Gasteiger partial charge is 0.111 e. The summed E-state index contributed by atoms with van der Waals surface area (Å²) >= 11 is 0. The molecule has 3 aliphatic carbocycles. The first-order chi connectivity index (χ1) is 15.8. The van der Waals surface area contributed by atoms with E-state index in [4.69, 9.17) is 0 Å². The monoisotopic (exact) mass is 476 g/mol. The third kappa shape index (κ3) is 5.59. The summed E-state index contributed by atoms with van der Waals surface area (Å²) in [6.45, 7) is 23.8. The Balaban J connectivity index is 1.69. The van der Waals surface area contributed by atoms with Crippen molar-refractivity contribution < 1.29 is 4.39 Å². The summed E-state index contributed by atoms with van der Waals surface area (Å²) in [4.78, 5) is 0. The summed E-state index contributed by atoms with van der Waals surface area (Å²) in [5.74, 6) is 8.53. The van der Waals surface area contributed by atoms with E-state index >= 15 is 4.39 Å². The average Bonchev–Trinajstić information content (AvgIpc) is 2.77. The molecule has 9 unspecified atom stereocenters. The van der Waals surface area contributed by atoms with Crippen LogP contribution < -0.4 is 0 Å². The molecule has 0 saturated heterocycles. The molecule has 0 aliphatic heterocycles. The molecule has 3 aliphatic rings. The maximum Gasteiger partial charge on any atom is 0.111 e. The molecule has 1 heteroatoms. The first-order valence-electron chi connectivity index (χ1n) is 15.5. The van der Waals surface area contributed by atoms with Gasteiger partial charge in [0.25, 0.3) is 0 Å². The molecule has 0 radical (unpaired) electrons. The fourth-order valence-corrected chi connectivity index (χ4v) is 9.76. The van der Waals surface area contributed by atoms with Crippen molar-refractivity contribution in [1.82, 2.24) is 0 Å². The van der Waals surface area contributed by atoms with Gasteiger partial charge in [-0.3, -0.25) is 0 Å². The van der Waals surface area contributed by atoms with Crippen molar-refractivity contribution in [1.29, 1.82) is 0 Å². The van der Waals surface area contributed by atoms with Gasteiger partial charge in [-0.15, -0.1) is 0 Å². The molecule has 0 bridgehead atoms. The van der Waals surface area contributed by atoms with Crippen LogP contribution in [0, 0.1) is 70.5 Å². The second-order valence-electron chi connectivity index (χ2n) is 14.8. The lowest BCUT2D eigenvalue weighted by atomic mass is 9.45. The number of hydrogen-bond acceptors (Lipinski definition) is 0. The highest BCUT2D eigenvalue weighted by atomic mass is 19.1. The Bertz CT molecular complexity index is 624. The lowest BCUT2D eigenvalue weighted by molar-refractivity contribution is -0.119. The molecule has 0 aromatic carbocycles. The van der Waals surface area contributed by atoms with Crippen molar-refractivity contribution in [3.63, 3.8) is 0 Å². The Hall–Kier alpha value is -0.0700. The maximum absolute atomic E-state index is 15.4. The van der Waals surface area contributed by atoms with Crippen molar-refractivity contribution in [2.45, 2.75) is 139 Å². The lowest BCUT2D eigenvalue weighted by Gasteiger charge is -2.60. The predicted octanol–water partition coefficient (Wildman–Crippen LogP) is 10.6. The standard InChI is InChI=1S/C33H61F/c1-11-17-33(10,34)24(7)28-19-31(23(28)6)32(8,9)30-20-29(25(12-2)18-22(30)5)27-15-13-26(14-16-27)21(3)4/h21-31H,11-20H2,1-10H3. The molecule has 3 fully saturated rings. The first-order valence-corrected chi connectivity index (χ1v) is 15.5. The minimum Gasteiger partial charge on any atom is -0.244 e. The normalized spacial score (nSPS) is 42.2. The Labute approximate surface area is 214 Å². The molecular weight excluding hydrogens is 415 g/mol. The Morgan fingerprint density at radius 1 is 0.853 bits per heavy atom. The molecule has 0 aromatic rings. The molecule has 3 saturated carbocycles. The van der Waals surface area contributed by atoms with E-state index in [-0.39, 0.29) is 5.92 Å². The quantitative estimate of drug-likeness (QED) is 0.310. The van der Waals surface area contributed by atoms with Crippen LogP contribution in [0.15, 0.2) is 0 Å². The second kappa shape index (κ2) is 11.1.